The van der Waals surface area contributed by atoms with Gasteiger partial charge in [0.05, 0.1) is 6.04 Å². The Balaban J connectivity index is 2.00. The summed E-state index contributed by atoms with van der Waals surface area (Å²) < 4.78 is 0. The first kappa shape index (κ1) is 12.9. The van der Waals surface area contributed by atoms with E-state index in [0.29, 0.717) is 6.04 Å². The Morgan fingerprint density at radius 2 is 2.15 bits per heavy atom. The first-order valence-electron chi connectivity index (χ1n) is 6.71. The van der Waals surface area contributed by atoms with Crippen LogP contribution in [0.25, 0.3) is 10.8 Å². The summed E-state index contributed by atoms with van der Waals surface area (Å²) >= 11 is 1.78. The van der Waals surface area contributed by atoms with Crippen LogP contribution in [0.2, 0.25) is 0 Å². The number of nitrogens with zero attached hydrogens (tertiary/aromatic N) is 1. The van der Waals surface area contributed by atoms with Crippen molar-refractivity contribution in [3.8, 4) is 0 Å². The van der Waals surface area contributed by atoms with E-state index in [4.69, 9.17) is 5.73 Å². The molecule has 4 heteroatoms. The van der Waals surface area contributed by atoms with Gasteiger partial charge in [0.15, 0.2) is 0 Å². The Hall–Kier alpha value is -2.07. The number of nitrogens with two attached hydrogens (primary N) is 1. The number of thiophene rings is 1. The van der Waals surface area contributed by atoms with Gasteiger partial charge in [-0.1, -0.05) is 13.0 Å². The van der Waals surface area contributed by atoms with Crippen LogP contribution in [0.4, 0.5) is 11.4 Å². The van der Waals surface area contributed by atoms with Crippen LogP contribution in [0.3, 0.4) is 0 Å². The molecule has 102 valence electrons. The molecule has 2 heterocycles. The molecule has 0 amide bonds. The lowest BCUT2D eigenvalue weighted by Crippen LogP contribution is -2.08. The van der Waals surface area contributed by atoms with Crippen molar-refractivity contribution in [1.82, 2.24) is 4.98 Å². The van der Waals surface area contributed by atoms with E-state index in [1.807, 2.05) is 24.4 Å². The van der Waals surface area contributed by atoms with Crippen LogP contribution < -0.4 is 11.1 Å². The topological polar surface area (TPSA) is 50.9 Å². The highest BCUT2D eigenvalue weighted by Gasteiger charge is 2.12. The van der Waals surface area contributed by atoms with Gasteiger partial charge in [0.25, 0.3) is 0 Å². The second-order valence-corrected chi connectivity index (χ2v) is 5.72. The fraction of sp³-hybridized carbons (Fsp3) is 0.188. The van der Waals surface area contributed by atoms with Gasteiger partial charge in [-0.2, -0.15) is 0 Å². The molecule has 1 atom stereocenters. The summed E-state index contributed by atoms with van der Waals surface area (Å²) in [5.74, 6) is 0. The second kappa shape index (κ2) is 5.51. The van der Waals surface area contributed by atoms with E-state index in [0.717, 1.165) is 28.6 Å². The fourth-order valence-electron chi connectivity index (χ4n) is 2.39. The molecule has 0 aliphatic rings. The molecule has 20 heavy (non-hydrogen) atoms. The minimum Gasteiger partial charge on any atom is -0.398 e. The van der Waals surface area contributed by atoms with Crippen molar-refractivity contribution in [2.24, 2.45) is 0 Å². The molecule has 0 radical (unpaired) electrons. The molecular formula is C16H17N3S. The Morgan fingerprint density at radius 1 is 1.25 bits per heavy atom. The molecule has 3 aromatic rings. The molecule has 0 saturated heterocycles. The van der Waals surface area contributed by atoms with Gasteiger partial charge in [-0.3, -0.25) is 4.98 Å². The summed E-state index contributed by atoms with van der Waals surface area (Å²) in [7, 11) is 0. The van der Waals surface area contributed by atoms with Crippen LogP contribution in [-0.2, 0) is 0 Å². The van der Waals surface area contributed by atoms with Gasteiger partial charge in [-0.25, -0.2) is 0 Å². The predicted molar refractivity (Wildman–Crippen MR) is 87.1 cm³/mol. The summed E-state index contributed by atoms with van der Waals surface area (Å²) in [6.07, 6.45) is 4.68. The molecular weight excluding hydrogens is 266 g/mol. The number of benzene rings is 1. The van der Waals surface area contributed by atoms with E-state index in [1.165, 1.54) is 4.88 Å². The average molecular weight is 283 g/mol. The minimum atomic E-state index is 0.321. The predicted octanol–water partition coefficient (Wildman–Crippen LogP) is 4.44. The Bertz CT molecular complexity index is 707. The van der Waals surface area contributed by atoms with Crippen LogP contribution in [0.1, 0.15) is 24.3 Å². The van der Waals surface area contributed by atoms with Crippen LogP contribution >= 0.6 is 11.3 Å². The van der Waals surface area contributed by atoms with Crippen molar-refractivity contribution in [2.75, 3.05) is 11.1 Å². The summed E-state index contributed by atoms with van der Waals surface area (Å²) in [5, 5.41) is 7.85. The average Bonchev–Trinajstić information content (AvgIpc) is 3.01. The molecule has 0 bridgehead atoms. The van der Waals surface area contributed by atoms with Gasteiger partial charge in [0.2, 0.25) is 0 Å². The van der Waals surface area contributed by atoms with Crippen LogP contribution in [0.15, 0.2) is 48.1 Å². The zero-order valence-corrected chi connectivity index (χ0v) is 12.2. The highest BCUT2D eigenvalue weighted by molar-refractivity contribution is 7.10. The molecule has 2 aromatic heterocycles. The molecule has 0 spiro atoms. The van der Waals surface area contributed by atoms with Crippen molar-refractivity contribution in [3.63, 3.8) is 0 Å². The molecule has 0 aliphatic heterocycles. The summed E-state index contributed by atoms with van der Waals surface area (Å²) in [6, 6.07) is 10.5. The van der Waals surface area contributed by atoms with Crippen molar-refractivity contribution in [3.05, 3.63) is 53.0 Å². The summed E-state index contributed by atoms with van der Waals surface area (Å²) in [6.45, 7) is 2.19. The van der Waals surface area contributed by atoms with Crippen LogP contribution in [0.5, 0.6) is 0 Å². The van der Waals surface area contributed by atoms with E-state index in [1.54, 1.807) is 17.5 Å². The molecule has 0 fully saturated rings. The van der Waals surface area contributed by atoms with E-state index in [-0.39, 0.29) is 0 Å². The molecule has 1 unspecified atom stereocenters. The number of hydrogen-bond donors (Lipinski definition) is 2. The quantitative estimate of drug-likeness (QED) is 0.696. The molecule has 3 N–H and O–H groups in total. The van der Waals surface area contributed by atoms with Gasteiger partial charge in [-0.05, 0) is 36.1 Å². The van der Waals surface area contributed by atoms with Crippen molar-refractivity contribution in [2.45, 2.75) is 19.4 Å². The van der Waals surface area contributed by atoms with Crippen LogP contribution in [-0.4, -0.2) is 4.98 Å². The third kappa shape index (κ3) is 2.34. The van der Waals surface area contributed by atoms with Crippen LogP contribution in [0, 0.1) is 0 Å². The Labute approximate surface area is 122 Å². The molecule has 0 aliphatic carbocycles. The summed E-state index contributed by atoms with van der Waals surface area (Å²) in [4.78, 5) is 5.57. The molecule has 0 saturated carbocycles. The minimum absolute atomic E-state index is 0.321. The molecule has 1 aromatic carbocycles. The van der Waals surface area contributed by atoms with Gasteiger partial charge in [0.1, 0.15) is 0 Å². The summed E-state index contributed by atoms with van der Waals surface area (Å²) in [5.41, 5.74) is 7.90. The van der Waals surface area contributed by atoms with Gasteiger partial charge in [-0.15, -0.1) is 11.3 Å². The van der Waals surface area contributed by atoms with E-state index < -0.39 is 0 Å². The number of aromatic nitrogens is 1. The highest BCUT2D eigenvalue weighted by atomic mass is 32.1. The number of fused-ring (bicyclic) bond motifs is 1. The van der Waals surface area contributed by atoms with Crippen molar-refractivity contribution in [1.29, 1.82) is 0 Å². The van der Waals surface area contributed by atoms with Crippen molar-refractivity contribution >= 4 is 33.5 Å². The van der Waals surface area contributed by atoms with E-state index in [9.17, 15) is 0 Å². The first-order chi connectivity index (χ1) is 9.79. The van der Waals surface area contributed by atoms with Gasteiger partial charge >= 0.3 is 0 Å². The monoisotopic (exact) mass is 283 g/mol. The number of pyridine rings is 1. The van der Waals surface area contributed by atoms with Gasteiger partial charge in [0, 0.05) is 39.4 Å². The maximum atomic E-state index is 6.03. The second-order valence-electron chi connectivity index (χ2n) is 4.74. The highest BCUT2D eigenvalue weighted by Crippen LogP contribution is 2.32. The number of nitrogen functional groups attached to an aromatic ring is 1. The standard InChI is InChI=1S/C16H17N3S/c1-2-14(16-4-3-9-20-16)19-15-6-5-13(17)11-7-8-18-10-12(11)15/h3-10,14,19H,2,17H2,1H3. The number of rotatable bonds is 4. The number of anilines is 2. The lowest BCUT2D eigenvalue weighted by Gasteiger charge is -2.18. The lowest BCUT2D eigenvalue weighted by molar-refractivity contribution is 0.765. The third-order valence-electron chi connectivity index (χ3n) is 3.48. The SMILES string of the molecule is CCC(Nc1ccc(N)c2ccncc12)c1cccs1. The van der Waals surface area contributed by atoms with E-state index >= 15 is 0 Å². The lowest BCUT2D eigenvalue weighted by atomic mass is 10.1. The maximum absolute atomic E-state index is 6.03. The molecule has 3 rings (SSSR count). The smallest absolute Gasteiger partial charge is 0.0604 e. The van der Waals surface area contributed by atoms with Gasteiger partial charge < -0.3 is 11.1 Å². The first-order valence-corrected chi connectivity index (χ1v) is 7.59. The van der Waals surface area contributed by atoms with Crippen molar-refractivity contribution < 1.29 is 0 Å². The normalized spacial score (nSPS) is 12.4. The fourth-order valence-corrected chi connectivity index (χ4v) is 3.25. The number of nitrogens with one attached hydrogen (secondary N) is 1. The largest absolute Gasteiger partial charge is 0.398 e. The Morgan fingerprint density at radius 3 is 2.90 bits per heavy atom. The maximum Gasteiger partial charge on any atom is 0.0604 e. The third-order valence-corrected chi connectivity index (χ3v) is 4.46. The Kier molecular flexibility index (Phi) is 3.56. The zero-order valence-electron chi connectivity index (χ0n) is 11.3. The number of hydrogen-bond acceptors (Lipinski definition) is 4. The van der Waals surface area contributed by atoms with E-state index in [2.05, 4.69) is 34.7 Å². The zero-order chi connectivity index (χ0) is 13.9. The molecule has 3 nitrogen and oxygen atoms in total.